The third-order valence-corrected chi connectivity index (χ3v) is 4.40. The summed E-state index contributed by atoms with van der Waals surface area (Å²) in [6.07, 6.45) is 0. The van der Waals surface area contributed by atoms with Crippen LogP contribution in [-0.4, -0.2) is 8.42 Å². The summed E-state index contributed by atoms with van der Waals surface area (Å²) in [5.74, 6) is 0. The second kappa shape index (κ2) is 5.17. The molecular formula is C15H18N2O2S. The van der Waals surface area contributed by atoms with Crippen LogP contribution < -0.4 is 10.5 Å². The van der Waals surface area contributed by atoms with Gasteiger partial charge in [0.05, 0.1) is 4.90 Å². The predicted molar refractivity (Wildman–Crippen MR) is 82.3 cm³/mol. The van der Waals surface area contributed by atoms with Gasteiger partial charge in [0, 0.05) is 11.4 Å². The topological polar surface area (TPSA) is 72.2 Å². The van der Waals surface area contributed by atoms with E-state index >= 15 is 0 Å². The normalized spacial score (nSPS) is 11.3. The average molecular weight is 290 g/mol. The van der Waals surface area contributed by atoms with E-state index < -0.39 is 10.0 Å². The van der Waals surface area contributed by atoms with Gasteiger partial charge in [0.1, 0.15) is 0 Å². The molecule has 0 saturated heterocycles. The van der Waals surface area contributed by atoms with E-state index in [2.05, 4.69) is 4.72 Å². The van der Waals surface area contributed by atoms with Crippen LogP contribution in [0.3, 0.4) is 0 Å². The van der Waals surface area contributed by atoms with Gasteiger partial charge in [-0.2, -0.15) is 0 Å². The second-order valence-corrected chi connectivity index (χ2v) is 6.68. The Balaban J connectivity index is 2.37. The van der Waals surface area contributed by atoms with Gasteiger partial charge in [0.2, 0.25) is 0 Å². The molecule has 3 N–H and O–H groups in total. The van der Waals surface area contributed by atoms with E-state index in [1.54, 1.807) is 31.2 Å². The molecule has 0 saturated carbocycles. The minimum Gasteiger partial charge on any atom is -0.399 e. The van der Waals surface area contributed by atoms with Gasteiger partial charge in [-0.1, -0.05) is 6.07 Å². The Labute approximate surface area is 119 Å². The van der Waals surface area contributed by atoms with E-state index in [0.717, 1.165) is 16.7 Å². The monoisotopic (exact) mass is 290 g/mol. The first-order chi connectivity index (χ1) is 9.28. The molecule has 0 aromatic heterocycles. The van der Waals surface area contributed by atoms with Gasteiger partial charge in [-0.15, -0.1) is 0 Å². The molecule has 0 atom stereocenters. The fraction of sp³-hybridized carbons (Fsp3) is 0.200. The average Bonchev–Trinajstić information content (AvgIpc) is 2.30. The van der Waals surface area contributed by atoms with Gasteiger partial charge in [0.25, 0.3) is 10.0 Å². The number of nitrogens with one attached hydrogen (secondary N) is 1. The number of anilines is 2. The fourth-order valence-corrected chi connectivity index (χ4v) is 3.19. The van der Waals surface area contributed by atoms with Gasteiger partial charge >= 0.3 is 0 Å². The summed E-state index contributed by atoms with van der Waals surface area (Å²) in [5.41, 5.74) is 9.62. The van der Waals surface area contributed by atoms with E-state index in [0.29, 0.717) is 11.4 Å². The van der Waals surface area contributed by atoms with Crippen LogP contribution in [0, 0.1) is 20.8 Å². The predicted octanol–water partition coefficient (Wildman–Crippen LogP) is 2.99. The molecule has 4 nitrogen and oxygen atoms in total. The zero-order valence-electron chi connectivity index (χ0n) is 11.8. The van der Waals surface area contributed by atoms with Crippen molar-refractivity contribution in [3.63, 3.8) is 0 Å². The van der Waals surface area contributed by atoms with Crippen LogP contribution >= 0.6 is 0 Å². The summed E-state index contributed by atoms with van der Waals surface area (Å²) in [7, 11) is -3.59. The summed E-state index contributed by atoms with van der Waals surface area (Å²) in [6, 6.07) is 10.3. The first-order valence-electron chi connectivity index (χ1n) is 6.25. The Kier molecular flexibility index (Phi) is 3.72. The molecule has 5 heteroatoms. The lowest BCUT2D eigenvalue weighted by Crippen LogP contribution is -2.13. The number of benzene rings is 2. The fourth-order valence-electron chi connectivity index (χ4n) is 2.06. The number of nitrogen functional groups attached to an aromatic ring is 1. The van der Waals surface area contributed by atoms with Crippen molar-refractivity contribution in [2.75, 3.05) is 10.5 Å². The minimum absolute atomic E-state index is 0.211. The molecule has 2 rings (SSSR count). The van der Waals surface area contributed by atoms with Gasteiger partial charge in [-0.3, -0.25) is 4.72 Å². The molecule has 0 radical (unpaired) electrons. The maximum absolute atomic E-state index is 12.3. The molecule has 0 aliphatic carbocycles. The lowest BCUT2D eigenvalue weighted by atomic mass is 10.1. The number of hydrogen-bond acceptors (Lipinski definition) is 3. The van der Waals surface area contributed by atoms with Crippen molar-refractivity contribution < 1.29 is 8.42 Å². The van der Waals surface area contributed by atoms with Gasteiger partial charge in [-0.25, -0.2) is 8.42 Å². The number of hydrogen-bond donors (Lipinski definition) is 2. The molecule has 20 heavy (non-hydrogen) atoms. The van der Waals surface area contributed by atoms with Crippen molar-refractivity contribution in [2.24, 2.45) is 0 Å². The molecule has 0 fully saturated rings. The highest BCUT2D eigenvalue weighted by Gasteiger charge is 2.15. The van der Waals surface area contributed by atoms with Crippen molar-refractivity contribution in [3.8, 4) is 0 Å². The van der Waals surface area contributed by atoms with E-state index in [9.17, 15) is 8.42 Å². The SMILES string of the molecule is Cc1cc(C)cc(NS(=O)(=O)c2ccc(N)c(C)c2)c1. The van der Waals surface area contributed by atoms with E-state index in [-0.39, 0.29) is 4.90 Å². The first-order valence-corrected chi connectivity index (χ1v) is 7.73. The molecule has 0 heterocycles. The molecular weight excluding hydrogens is 272 g/mol. The zero-order valence-corrected chi connectivity index (χ0v) is 12.6. The van der Waals surface area contributed by atoms with Crippen LogP contribution in [0.1, 0.15) is 16.7 Å². The minimum atomic E-state index is -3.59. The van der Waals surface area contributed by atoms with Crippen molar-refractivity contribution in [2.45, 2.75) is 25.7 Å². The maximum Gasteiger partial charge on any atom is 0.261 e. The quantitative estimate of drug-likeness (QED) is 0.854. The highest BCUT2D eigenvalue weighted by Crippen LogP contribution is 2.21. The molecule has 2 aromatic rings. The van der Waals surface area contributed by atoms with Gasteiger partial charge in [0.15, 0.2) is 0 Å². The largest absolute Gasteiger partial charge is 0.399 e. The van der Waals surface area contributed by atoms with Crippen molar-refractivity contribution in [1.82, 2.24) is 0 Å². The van der Waals surface area contributed by atoms with Gasteiger partial charge < -0.3 is 5.73 Å². The highest BCUT2D eigenvalue weighted by atomic mass is 32.2. The number of rotatable bonds is 3. The second-order valence-electron chi connectivity index (χ2n) is 5.00. The summed E-state index contributed by atoms with van der Waals surface area (Å²) >= 11 is 0. The molecule has 0 spiro atoms. The van der Waals surface area contributed by atoms with Crippen LogP contribution in [-0.2, 0) is 10.0 Å². The van der Waals surface area contributed by atoms with E-state index in [1.165, 1.54) is 6.07 Å². The Morgan fingerprint density at radius 1 is 0.950 bits per heavy atom. The Morgan fingerprint density at radius 2 is 1.55 bits per heavy atom. The Bertz CT molecular complexity index is 732. The first kappa shape index (κ1) is 14.4. The Hall–Kier alpha value is -2.01. The lowest BCUT2D eigenvalue weighted by Gasteiger charge is -2.11. The molecule has 106 valence electrons. The van der Waals surface area contributed by atoms with Crippen LogP contribution in [0.5, 0.6) is 0 Å². The van der Waals surface area contributed by atoms with Crippen LogP contribution in [0.2, 0.25) is 0 Å². The van der Waals surface area contributed by atoms with Crippen molar-refractivity contribution >= 4 is 21.4 Å². The molecule has 0 aliphatic heterocycles. The summed E-state index contributed by atoms with van der Waals surface area (Å²) in [4.78, 5) is 0.211. The molecule has 0 bridgehead atoms. The van der Waals surface area contributed by atoms with Gasteiger partial charge in [-0.05, 0) is 67.8 Å². The van der Waals surface area contributed by atoms with Crippen molar-refractivity contribution in [3.05, 3.63) is 53.1 Å². The summed E-state index contributed by atoms with van der Waals surface area (Å²) in [6.45, 7) is 5.64. The summed E-state index contributed by atoms with van der Waals surface area (Å²) in [5, 5.41) is 0. The Morgan fingerprint density at radius 3 is 2.10 bits per heavy atom. The van der Waals surface area contributed by atoms with Crippen LogP contribution in [0.25, 0.3) is 0 Å². The van der Waals surface area contributed by atoms with Crippen LogP contribution in [0.15, 0.2) is 41.3 Å². The number of nitrogens with two attached hydrogens (primary N) is 1. The third-order valence-electron chi connectivity index (χ3n) is 3.03. The number of sulfonamides is 1. The smallest absolute Gasteiger partial charge is 0.261 e. The van der Waals surface area contributed by atoms with Crippen LogP contribution in [0.4, 0.5) is 11.4 Å². The molecule has 2 aromatic carbocycles. The maximum atomic E-state index is 12.3. The lowest BCUT2D eigenvalue weighted by molar-refractivity contribution is 0.601. The van der Waals surface area contributed by atoms with E-state index in [4.69, 9.17) is 5.73 Å². The third kappa shape index (κ3) is 3.11. The molecule has 0 amide bonds. The zero-order chi connectivity index (χ0) is 14.9. The number of aryl methyl sites for hydroxylation is 3. The van der Waals surface area contributed by atoms with E-state index in [1.807, 2.05) is 19.9 Å². The molecule has 0 unspecified atom stereocenters. The van der Waals surface area contributed by atoms with Crippen molar-refractivity contribution in [1.29, 1.82) is 0 Å². The molecule has 0 aliphatic rings. The standard InChI is InChI=1S/C15H18N2O2S/c1-10-6-11(2)8-13(7-10)17-20(18,19)14-4-5-15(16)12(3)9-14/h4-9,17H,16H2,1-3H3. The highest BCUT2D eigenvalue weighted by molar-refractivity contribution is 7.92. The summed E-state index contributed by atoms with van der Waals surface area (Å²) < 4.78 is 27.3.